The van der Waals surface area contributed by atoms with Crippen LogP contribution in [-0.4, -0.2) is 35.2 Å². The fourth-order valence-corrected chi connectivity index (χ4v) is 3.03. The first-order chi connectivity index (χ1) is 7.89. The number of β-amino-alcohol motifs (C(OH)–C–C–N with tert-alkyl or cyclic N) is 1. The van der Waals surface area contributed by atoms with Gasteiger partial charge in [-0.05, 0) is 38.1 Å². The topological polar surface area (TPSA) is 23.5 Å². The Bertz CT molecular complexity index is 414. The Labute approximate surface area is 110 Å². The number of likely N-dealkylation sites (tertiary alicyclic amines) is 1. The van der Waals surface area contributed by atoms with Gasteiger partial charge in [-0.25, -0.2) is 4.39 Å². The summed E-state index contributed by atoms with van der Waals surface area (Å²) in [4.78, 5) is 2.15. The van der Waals surface area contributed by atoms with Crippen molar-refractivity contribution in [3.63, 3.8) is 0 Å². The Morgan fingerprint density at radius 1 is 1.59 bits per heavy atom. The van der Waals surface area contributed by atoms with E-state index in [-0.39, 0.29) is 5.82 Å². The van der Waals surface area contributed by atoms with Crippen LogP contribution in [0.2, 0.25) is 0 Å². The fourth-order valence-electron chi connectivity index (χ4n) is 2.54. The molecule has 0 radical (unpaired) electrons. The maximum atomic E-state index is 13.0. The van der Waals surface area contributed by atoms with Gasteiger partial charge in [0.1, 0.15) is 5.82 Å². The van der Waals surface area contributed by atoms with Crippen LogP contribution < -0.4 is 0 Å². The largest absolute Gasteiger partial charge is 0.388 e. The van der Waals surface area contributed by atoms with Crippen LogP contribution in [0.1, 0.15) is 18.9 Å². The fraction of sp³-hybridized carbons (Fsp3) is 0.538. The van der Waals surface area contributed by atoms with Gasteiger partial charge in [0.2, 0.25) is 0 Å². The standard InChI is InChI=1S/C13H17BrFNO/c1-9-6-13(17,8-16(9)2)7-10-3-4-11(15)5-12(10)14/h3-5,9,17H,6-8H2,1-2H3. The van der Waals surface area contributed by atoms with Crippen LogP contribution in [-0.2, 0) is 6.42 Å². The van der Waals surface area contributed by atoms with Crippen LogP contribution in [0.15, 0.2) is 22.7 Å². The van der Waals surface area contributed by atoms with Crippen LogP contribution in [0.4, 0.5) is 4.39 Å². The molecule has 1 aromatic carbocycles. The molecule has 0 bridgehead atoms. The molecular weight excluding hydrogens is 285 g/mol. The highest BCUT2D eigenvalue weighted by Crippen LogP contribution is 2.31. The molecule has 1 fully saturated rings. The zero-order chi connectivity index (χ0) is 12.6. The molecule has 0 saturated carbocycles. The predicted octanol–water partition coefficient (Wildman–Crippen LogP) is 2.59. The summed E-state index contributed by atoms with van der Waals surface area (Å²) in [5, 5.41) is 10.5. The van der Waals surface area contributed by atoms with E-state index in [1.165, 1.54) is 12.1 Å². The van der Waals surface area contributed by atoms with Gasteiger partial charge in [-0.1, -0.05) is 22.0 Å². The lowest BCUT2D eigenvalue weighted by Crippen LogP contribution is -2.34. The first-order valence-corrected chi connectivity index (χ1v) is 6.55. The van der Waals surface area contributed by atoms with Crippen LogP contribution in [0.5, 0.6) is 0 Å². The van der Waals surface area contributed by atoms with E-state index in [9.17, 15) is 9.50 Å². The summed E-state index contributed by atoms with van der Waals surface area (Å²) in [5.74, 6) is -0.260. The number of halogens is 2. The summed E-state index contributed by atoms with van der Waals surface area (Å²) in [6.07, 6.45) is 1.32. The maximum absolute atomic E-state index is 13.0. The molecule has 17 heavy (non-hydrogen) atoms. The van der Waals surface area contributed by atoms with Crippen LogP contribution in [0, 0.1) is 5.82 Å². The van der Waals surface area contributed by atoms with Gasteiger partial charge in [-0.15, -0.1) is 0 Å². The number of hydrogen-bond donors (Lipinski definition) is 1. The summed E-state index contributed by atoms with van der Waals surface area (Å²) in [6, 6.07) is 5.01. The molecule has 2 unspecified atom stereocenters. The SMILES string of the molecule is CC1CC(O)(Cc2ccc(F)cc2Br)CN1C. The van der Waals surface area contributed by atoms with E-state index in [0.29, 0.717) is 19.0 Å². The first-order valence-electron chi connectivity index (χ1n) is 5.76. The van der Waals surface area contributed by atoms with E-state index in [2.05, 4.69) is 27.8 Å². The number of aliphatic hydroxyl groups is 1. The third-order valence-corrected chi connectivity index (χ3v) is 4.24. The Morgan fingerprint density at radius 3 is 2.82 bits per heavy atom. The molecule has 0 aliphatic carbocycles. The van der Waals surface area contributed by atoms with Crippen LogP contribution in [0.3, 0.4) is 0 Å². The van der Waals surface area contributed by atoms with E-state index in [1.54, 1.807) is 6.07 Å². The molecule has 1 aliphatic heterocycles. The van der Waals surface area contributed by atoms with Gasteiger partial charge in [-0.3, -0.25) is 0 Å². The molecular formula is C13H17BrFNO. The zero-order valence-electron chi connectivity index (χ0n) is 10.1. The first kappa shape index (κ1) is 13.0. The third kappa shape index (κ3) is 2.87. The van der Waals surface area contributed by atoms with Crippen LogP contribution in [0.25, 0.3) is 0 Å². The summed E-state index contributed by atoms with van der Waals surface area (Å²) in [7, 11) is 2.02. The van der Waals surface area contributed by atoms with E-state index in [4.69, 9.17) is 0 Å². The zero-order valence-corrected chi connectivity index (χ0v) is 11.7. The minimum atomic E-state index is -0.700. The molecule has 4 heteroatoms. The average molecular weight is 302 g/mol. The van der Waals surface area contributed by atoms with Gasteiger partial charge < -0.3 is 10.0 Å². The third-order valence-electron chi connectivity index (χ3n) is 3.51. The molecule has 0 amide bonds. The van der Waals surface area contributed by atoms with E-state index >= 15 is 0 Å². The van der Waals surface area contributed by atoms with E-state index in [1.807, 2.05) is 7.05 Å². The molecule has 0 spiro atoms. The Balaban J connectivity index is 2.16. The Morgan fingerprint density at radius 2 is 2.29 bits per heavy atom. The Hall–Kier alpha value is -0.450. The summed E-state index contributed by atoms with van der Waals surface area (Å²) >= 11 is 3.34. The molecule has 1 heterocycles. The second-order valence-corrected chi connectivity index (χ2v) is 5.96. The summed E-state index contributed by atoms with van der Waals surface area (Å²) < 4.78 is 13.7. The van der Waals surface area contributed by atoms with Crippen molar-refractivity contribution in [2.75, 3.05) is 13.6 Å². The number of likely N-dealkylation sites (N-methyl/N-ethyl adjacent to an activating group) is 1. The normalized spacial score (nSPS) is 29.8. The van der Waals surface area contributed by atoms with Crippen molar-refractivity contribution in [2.24, 2.45) is 0 Å². The minimum absolute atomic E-state index is 0.260. The van der Waals surface area contributed by atoms with Crippen molar-refractivity contribution in [1.82, 2.24) is 4.90 Å². The van der Waals surface area contributed by atoms with Gasteiger partial charge in [0, 0.05) is 23.5 Å². The van der Waals surface area contributed by atoms with Crippen LogP contribution >= 0.6 is 15.9 Å². The van der Waals surface area contributed by atoms with Gasteiger partial charge in [-0.2, -0.15) is 0 Å². The van der Waals surface area contributed by atoms with Crippen molar-refractivity contribution in [3.8, 4) is 0 Å². The van der Waals surface area contributed by atoms with Gasteiger partial charge in [0.15, 0.2) is 0 Å². The lowest BCUT2D eigenvalue weighted by Gasteiger charge is -2.23. The monoisotopic (exact) mass is 301 g/mol. The highest BCUT2D eigenvalue weighted by molar-refractivity contribution is 9.10. The Kier molecular flexibility index (Phi) is 3.57. The van der Waals surface area contributed by atoms with Crippen molar-refractivity contribution in [3.05, 3.63) is 34.1 Å². The summed E-state index contributed by atoms with van der Waals surface area (Å²) in [6.45, 7) is 2.77. The molecule has 2 nitrogen and oxygen atoms in total. The number of rotatable bonds is 2. The van der Waals surface area contributed by atoms with Crippen molar-refractivity contribution >= 4 is 15.9 Å². The van der Waals surface area contributed by atoms with E-state index in [0.717, 1.165) is 16.5 Å². The lowest BCUT2D eigenvalue weighted by atomic mass is 9.92. The average Bonchev–Trinajstić information content (AvgIpc) is 2.46. The number of benzene rings is 1. The maximum Gasteiger partial charge on any atom is 0.124 e. The van der Waals surface area contributed by atoms with Crippen molar-refractivity contribution < 1.29 is 9.50 Å². The van der Waals surface area contributed by atoms with Gasteiger partial charge >= 0.3 is 0 Å². The molecule has 1 aliphatic rings. The van der Waals surface area contributed by atoms with E-state index < -0.39 is 5.60 Å². The minimum Gasteiger partial charge on any atom is -0.388 e. The smallest absolute Gasteiger partial charge is 0.124 e. The van der Waals surface area contributed by atoms with Gasteiger partial charge in [0.25, 0.3) is 0 Å². The van der Waals surface area contributed by atoms with Crippen molar-refractivity contribution in [2.45, 2.75) is 31.4 Å². The summed E-state index contributed by atoms with van der Waals surface area (Å²) in [5.41, 5.74) is 0.255. The second-order valence-electron chi connectivity index (χ2n) is 5.11. The molecule has 1 N–H and O–H groups in total. The van der Waals surface area contributed by atoms with Crippen molar-refractivity contribution in [1.29, 1.82) is 0 Å². The molecule has 1 saturated heterocycles. The quantitative estimate of drug-likeness (QED) is 0.907. The molecule has 1 aromatic rings. The molecule has 94 valence electrons. The lowest BCUT2D eigenvalue weighted by molar-refractivity contribution is 0.0519. The van der Waals surface area contributed by atoms with Gasteiger partial charge in [0.05, 0.1) is 5.60 Å². The highest BCUT2D eigenvalue weighted by atomic mass is 79.9. The number of nitrogens with zero attached hydrogens (tertiary/aromatic N) is 1. The molecule has 2 atom stereocenters. The molecule has 0 aromatic heterocycles. The predicted molar refractivity (Wildman–Crippen MR) is 69.5 cm³/mol. The second kappa shape index (κ2) is 4.67. The number of hydrogen-bond acceptors (Lipinski definition) is 2. The highest BCUT2D eigenvalue weighted by Gasteiger charge is 2.39. The molecule has 2 rings (SSSR count).